The van der Waals surface area contributed by atoms with Gasteiger partial charge in [-0.2, -0.15) is 9.90 Å². The molecule has 4 rings (SSSR count). The third-order valence-corrected chi connectivity index (χ3v) is 5.87. The lowest BCUT2D eigenvalue weighted by Crippen LogP contribution is -2.22. The summed E-state index contributed by atoms with van der Waals surface area (Å²) in [5.41, 5.74) is 6.31. The van der Waals surface area contributed by atoms with Gasteiger partial charge in [-0.25, -0.2) is 0 Å². The highest BCUT2D eigenvalue weighted by atomic mass is 127. The van der Waals surface area contributed by atoms with Crippen molar-refractivity contribution in [3.05, 3.63) is 132 Å². The van der Waals surface area contributed by atoms with Crippen LogP contribution in [0.1, 0.15) is 16.7 Å². The minimum atomic E-state index is -0.311. The maximum atomic E-state index is 3.14. The van der Waals surface area contributed by atoms with Crippen molar-refractivity contribution in [3.8, 4) is 11.1 Å². The Balaban J connectivity index is 0.00000140. The Kier molecular flexibility index (Phi) is 8.38. The fourth-order valence-corrected chi connectivity index (χ4v) is 4.21. The highest BCUT2D eigenvalue weighted by Gasteiger charge is 2.33. The van der Waals surface area contributed by atoms with E-state index in [9.17, 15) is 0 Å². The van der Waals surface area contributed by atoms with Crippen LogP contribution in [0.3, 0.4) is 0 Å². The van der Waals surface area contributed by atoms with Crippen molar-refractivity contribution in [2.75, 3.05) is 0 Å². The van der Waals surface area contributed by atoms with Crippen LogP contribution in [0.15, 0.2) is 115 Å². The summed E-state index contributed by atoms with van der Waals surface area (Å²) in [6, 6.07) is 40.8. The van der Waals surface area contributed by atoms with Gasteiger partial charge in [-0.05, 0) is 27.8 Å². The van der Waals surface area contributed by atoms with Gasteiger partial charge in [0.2, 0.25) is 0 Å². The van der Waals surface area contributed by atoms with Crippen LogP contribution in [0.25, 0.3) is 11.1 Å². The molecule has 0 N–H and O–H groups in total. The molecule has 0 spiro atoms. The van der Waals surface area contributed by atoms with Gasteiger partial charge in [0, 0.05) is 0 Å². The molecule has 0 amide bonds. The van der Waals surface area contributed by atoms with Crippen LogP contribution in [0.5, 0.6) is 0 Å². The Hall–Kier alpha value is -1.53. The lowest BCUT2D eigenvalue weighted by Gasteiger charge is -2.33. The minimum Gasteiger partial charge on any atom is -0.153 e. The maximum Gasteiger partial charge on any atom is 0.0597 e. The van der Waals surface area contributed by atoms with Crippen LogP contribution in [0, 0.1) is 0 Å². The molecule has 0 heterocycles. The molecule has 4 aromatic carbocycles. The first-order valence-corrected chi connectivity index (χ1v) is 9.43. The van der Waals surface area contributed by atoms with E-state index in [4.69, 9.17) is 0 Å². The summed E-state index contributed by atoms with van der Waals surface area (Å²) in [5.74, 6) is 0. The normalized spacial score (nSPS) is 10.5. The smallest absolute Gasteiger partial charge is 0.0597 e. The van der Waals surface area contributed by atoms with Crippen molar-refractivity contribution in [1.29, 1.82) is 0 Å². The minimum absolute atomic E-state index is 0. The third kappa shape index (κ3) is 4.38. The molecule has 3 heteroatoms. The van der Waals surface area contributed by atoms with Gasteiger partial charge >= 0.3 is 0 Å². The number of hydrogen-bond acceptors (Lipinski definition) is 0. The largest absolute Gasteiger partial charge is 0.153 e. The van der Waals surface area contributed by atoms with Crippen molar-refractivity contribution in [2.45, 2.75) is 5.16 Å². The molecule has 0 radical (unpaired) electrons. The Morgan fingerprint density at radius 2 is 0.893 bits per heavy atom. The summed E-state index contributed by atoms with van der Waals surface area (Å²) in [7, 11) is 3.14. The maximum absolute atomic E-state index is 3.14. The summed E-state index contributed by atoms with van der Waals surface area (Å²) >= 11 is 0. The summed E-state index contributed by atoms with van der Waals surface area (Å²) in [4.78, 5) is 0. The molecule has 0 aromatic heterocycles. The van der Waals surface area contributed by atoms with E-state index in [-0.39, 0.29) is 39.0 Å². The average molecular weight is 514 g/mol. The summed E-state index contributed by atoms with van der Waals surface area (Å²) in [6.45, 7) is 0. The van der Waals surface area contributed by atoms with Gasteiger partial charge in [0.25, 0.3) is 0 Å². The first-order valence-electron chi connectivity index (χ1n) is 8.85. The monoisotopic (exact) mass is 514 g/mol. The highest BCUT2D eigenvalue weighted by Crippen LogP contribution is 2.48. The van der Waals surface area contributed by atoms with Crippen LogP contribution in [0.4, 0.5) is 0 Å². The van der Waals surface area contributed by atoms with E-state index in [1.165, 1.54) is 27.8 Å². The number of benzene rings is 4. The van der Waals surface area contributed by atoms with Gasteiger partial charge in [-0.1, -0.05) is 115 Å². The summed E-state index contributed by atoms with van der Waals surface area (Å²) in [6.07, 6.45) is 0. The van der Waals surface area contributed by atoms with Crippen molar-refractivity contribution in [1.82, 2.24) is 0 Å². The van der Waals surface area contributed by atoms with Crippen LogP contribution in [-0.4, -0.2) is 0 Å². The molecule has 0 fully saturated rings. The molecule has 0 saturated carbocycles. The Morgan fingerprint density at radius 3 is 1.39 bits per heavy atom. The number of halogens is 1. The van der Waals surface area contributed by atoms with Gasteiger partial charge in [0.05, 0.1) is 5.16 Å². The molecule has 0 bridgehead atoms. The van der Waals surface area contributed by atoms with E-state index in [1.807, 2.05) is 0 Å². The Labute approximate surface area is 190 Å². The SMILES string of the molecule is I.P.PC(c1ccccc1)(c1ccccc1)c1ccccc1-c1ccccc1. The van der Waals surface area contributed by atoms with Crippen LogP contribution in [-0.2, 0) is 5.16 Å². The van der Waals surface area contributed by atoms with Crippen LogP contribution in [0.2, 0.25) is 0 Å². The molecule has 2 unspecified atom stereocenters. The molecule has 0 aliphatic carbocycles. The fraction of sp³-hybridized carbons (Fsp3) is 0.0400. The van der Waals surface area contributed by atoms with Crippen molar-refractivity contribution < 1.29 is 0 Å². The average Bonchev–Trinajstić information content (AvgIpc) is 2.75. The van der Waals surface area contributed by atoms with Crippen molar-refractivity contribution in [3.63, 3.8) is 0 Å². The number of hydrogen-bond donors (Lipinski definition) is 0. The standard InChI is InChI=1S/C25H21P.HI.H3P/c26-25(21-14-6-2-7-15-21,22-16-8-3-9-17-22)24-19-11-10-18-23(24)20-12-4-1-5-13-20;;/h1-19H,26H2;1H;1H3. The predicted molar refractivity (Wildman–Crippen MR) is 141 cm³/mol. The van der Waals surface area contributed by atoms with E-state index in [0.717, 1.165) is 0 Å². The van der Waals surface area contributed by atoms with Crippen LogP contribution < -0.4 is 0 Å². The van der Waals surface area contributed by atoms with E-state index >= 15 is 0 Å². The summed E-state index contributed by atoms with van der Waals surface area (Å²) < 4.78 is 0. The second kappa shape index (κ2) is 10.3. The molecule has 142 valence electrons. The van der Waals surface area contributed by atoms with Gasteiger partial charge in [-0.3, -0.25) is 0 Å². The third-order valence-electron chi connectivity index (χ3n) is 4.89. The van der Waals surface area contributed by atoms with Gasteiger partial charge in [0.15, 0.2) is 0 Å². The second-order valence-electron chi connectivity index (χ2n) is 6.45. The Bertz CT molecular complexity index is 947. The lowest BCUT2D eigenvalue weighted by molar-refractivity contribution is 0.899. The molecule has 0 aliphatic heterocycles. The first kappa shape index (κ1) is 22.8. The van der Waals surface area contributed by atoms with Crippen LogP contribution >= 0.6 is 43.1 Å². The molecule has 4 aromatic rings. The second-order valence-corrected chi connectivity index (χ2v) is 7.32. The van der Waals surface area contributed by atoms with E-state index < -0.39 is 0 Å². The quantitative estimate of drug-likeness (QED) is 0.154. The number of rotatable bonds is 4. The Morgan fingerprint density at radius 1 is 0.500 bits per heavy atom. The first-order chi connectivity index (χ1) is 12.8. The van der Waals surface area contributed by atoms with Gasteiger partial charge < -0.3 is 0 Å². The molecule has 28 heavy (non-hydrogen) atoms. The molecule has 2 atom stereocenters. The van der Waals surface area contributed by atoms with Crippen molar-refractivity contribution >= 4 is 43.1 Å². The fourth-order valence-electron chi connectivity index (χ4n) is 3.58. The molecule has 0 nitrogen and oxygen atoms in total. The van der Waals surface area contributed by atoms with E-state index in [0.29, 0.717) is 0 Å². The zero-order valence-corrected chi connectivity index (χ0v) is 20.6. The molecule has 0 aliphatic rings. The highest BCUT2D eigenvalue weighted by molar-refractivity contribution is 14.0. The van der Waals surface area contributed by atoms with E-state index in [2.05, 4.69) is 125 Å². The predicted octanol–water partition coefficient (Wildman–Crippen LogP) is 7.20. The van der Waals surface area contributed by atoms with Gasteiger partial charge in [-0.15, -0.1) is 33.2 Å². The zero-order chi connectivity index (χ0) is 17.8. The van der Waals surface area contributed by atoms with Gasteiger partial charge in [0.1, 0.15) is 0 Å². The molecule has 0 saturated heterocycles. The molecular weight excluding hydrogens is 489 g/mol. The lowest BCUT2D eigenvalue weighted by atomic mass is 9.80. The van der Waals surface area contributed by atoms with Crippen molar-refractivity contribution in [2.24, 2.45) is 0 Å². The zero-order valence-electron chi connectivity index (χ0n) is 15.7. The molecular formula is C25H25IP2. The topological polar surface area (TPSA) is 0 Å². The van der Waals surface area contributed by atoms with E-state index in [1.54, 1.807) is 0 Å². The summed E-state index contributed by atoms with van der Waals surface area (Å²) in [5, 5.41) is -0.311.